The van der Waals surface area contributed by atoms with Gasteiger partial charge in [0.05, 0.1) is 71.0 Å². The van der Waals surface area contributed by atoms with E-state index in [0.717, 1.165) is 56.3 Å². The number of amides is 3. The zero-order valence-corrected chi connectivity index (χ0v) is 37.9. The summed E-state index contributed by atoms with van der Waals surface area (Å²) in [6.07, 6.45) is 8.17. The molecule has 0 saturated carbocycles. The Hall–Kier alpha value is -4.34. The highest BCUT2D eigenvalue weighted by Crippen LogP contribution is 2.33. The predicted octanol–water partition coefficient (Wildman–Crippen LogP) is 5.51. The molecule has 360 valence electrons. The van der Waals surface area contributed by atoms with Crippen molar-refractivity contribution in [3.8, 4) is 5.75 Å². The molecule has 2 aliphatic heterocycles. The first-order chi connectivity index (χ1) is 31.0. The number of alkyl halides is 3. The standard InChI is InChI=1S/C43H68F3N9O8S/c1-2-3-4-5-6-7-8-9-10-15-38(63-40(57)43(44,45)46)51-41(47)49-28-32-16-18-34(19-17-32)62-30-33-29-55(54-53-33)21-23-60-25-27-61-26-24-59-22-20-48-37(56)14-12-11-13-36-39-35(31-64-36)50-42(58)52-39/h16-19,29,35-36,38-39H,2-15,20-28,30-31H2,1H3,(H,48,56)(H3,47,49,51)(H2,50,52,58)/t35-,36-,38?,39-/m0/s1. The monoisotopic (exact) mass is 927 g/mol. The molecule has 0 bridgehead atoms. The highest BCUT2D eigenvalue weighted by molar-refractivity contribution is 8.00. The molecule has 2 aliphatic rings. The van der Waals surface area contributed by atoms with Crippen molar-refractivity contribution in [1.29, 1.82) is 0 Å². The number of nitrogens with two attached hydrogens (primary N) is 1. The quantitative estimate of drug-likeness (QED) is 0.0147. The Bertz CT molecular complexity index is 1670. The Balaban J connectivity index is 0.978. The number of thioether (sulfide) groups is 1. The van der Waals surface area contributed by atoms with Gasteiger partial charge in [-0.1, -0.05) is 82.1 Å². The third-order valence-electron chi connectivity index (χ3n) is 10.5. The van der Waals surface area contributed by atoms with Gasteiger partial charge in [-0.3, -0.25) is 4.79 Å². The first kappa shape index (κ1) is 52.3. The van der Waals surface area contributed by atoms with Gasteiger partial charge >= 0.3 is 18.2 Å². The van der Waals surface area contributed by atoms with Crippen LogP contribution in [-0.4, -0.2) is 121 Å². The minimum absolute atomic E-state index is 0.0168. The molecule has 6 N–H and O–H groups in total. The Kier molecular flexibility index (Phi) is 24.5. The van der Waals surface area contributed by atoms with Crippen LogP contribution in [0.5, 0.6) is 5.75 Å². The molecule has 1 aromatic carbocycles. The number of urea groups is 1. The van der Waals surface area contributed by atoms with E-state index < -0.39 is 18.4 Å². The number of fused-ring (bicyclic) bond motifs is 1. The number of rotatable bonds is 34. The number of hydrogen-bond donors (Lipinski definition) is 5. The molecule has 1 unspecified atom stereocenters. The van der Waals surface area contributed by atoms with Crippen molar-refractivity contribution in [3.63, 3.8) is 0 Å². The van der Waals surface area contributed by atoms with Crippen molar-refractivity contribution in [2.24, 2.45) is 10.7 Å². The number of carbonyl (C=O) groups excluding carboxylic acids is 3. The van der Waals surface area contributed by atoms with Crippen molar-refractivity contribution >= 4 is 35.6 Å². The van der Waals surface area contributed by atoms with E-state index in [1.807, 2.05) is 11.8 Å². The largest absolute Gasteiger partial charge is 0.491 e. The first-order valence-corrected chi connectivity index (χ1v) is 23.7. The summed E-state index contributed by atoms with van der Waals surface area (Å²) in [5.41, 5.74) is 7.38. The molecular weight excluding hydrogens is 860 g/mol. The molecule has 2 fully saturated rings. The minimum Gasteiger partial charge on any atom is -0.487 e. The van der Waals surface area contributed by atoms with Crippen LogP contribution in [0.25, 0.3) is 0 Å². The smallest absolute Gasteiger partial charge is 0.487 e. The van der Waals surface area contributed by atoms with Crippen LogP contribution in [0.3, 0.4) is 0 Å². The lowest BCUT2D eigenvalue weighted by molar-refractivity contribution is -0.205. The number of unbranched alkanes of at least 4 members (excludes halogenated alkanes) is 9. The fourth-order valence-electron chi connectivity index (χ4n) is 7.07. The van der Waals surface area contributed by atoms with Gasteiger partial charge in [0.1, 0.15) is 18.1 Å². The molecule has 0 spiro atoms. The highest BCUT2D eigenvalue weighted by atomic mass is 32.2. The molecule has 21 heteroatoms. The number of benzene rings is 1. The summed E-state index contributed by atoms with van der Waals surface area (Å²) < 4.78 is 67.6. The summed E-state index contributed by atoms with van der Waals surface area (Å²) in [6, 6.07) is 7.43. The summed E-state index contributed by atoms with van der Waals surface area (Å²) in [4.78, 5) is 39.4. The van der Waals surface area contributed by atoms with Crippen LogP contribution in [-0.2, 0) is 48.2 Å². The van der Waals surface area contributed by atoms with Crippen molar-refractivity contribution in [2.75, 3.05) is 51.9 Å². The molecule has 4 rings (SSSR count). The fourth-order valence-corrected chi connectivity index (χ4v) is 8.61. The Morgan fingerprint density at radius 2 is 1.62 bits per heavy atom. The summed E-state index contributed by atoms with van der Waals surface area (Å²) in [5.74, 6) is -0.860. The molecule has 1 aromatic heterocycles. The second-order valence-electron chi connectivity index (χ2n) is 15.8. The van der Waals surface area contributed by atoms with Gasteiger partial charge in [-0.05, 0) is 37.0 Å². The number of carbonyl (C=O) groups is 3. The number of ether oxygens (including phenoxy) is 5. The maximum Gasteiger partial charge on any atom is 0.491 e. The predicted molar refractivity (Wildman–Crippen MR) is 236 cm³/mol. The van der Waals surface area contributed by atoms with Gasteiger partial charge in [0.15, 0.2) is 12.2 Å². The molecule has 4 atom stereocenters. The SMILES string of the molecule is CCCCCCCCCCCC(NC(N)=NCc1ccc(OCc2cn(CCOCCOCCOCCNC(=O)CCCC[C@@H]3SC[C@@H]4NC(=O)N[C@@H]43)nn2)cc1)OC(=O)C(F)(F)F. The van der Waals surface area contributed by atoms with E-state index >= 15 is 0 Å². The molecule has 2 aromatic rings. The van der Waals surface area contributed by atoms with Crippen molar-refractivity contribution in [3.05, 3.63) is 41.7 Å². The summed E-state index contributed by atoms with van der Waals surface area (Å²) in [7, 11) is 0. The number of aromatic nitrogens is 3. The zero-order chi connectivity index (χ0) is 45.8. The summed E-state index contributed by atoms with van der Waals surface area (Å²) in [5, 5.41) is 20.1. The number of esters is 1. The second-order valence-corrected chi connectivity index (χ2v) is 17.1. The van der Waals surface area contributed by atoms with E-state index in [1.165, 1.54) is 25.7 Å². The summed E-state index contributed by atoms with van der Waals surface area (Å²) in [6.45, 7) is 5.93. The van der Waals surface area contributed by atoms with Crippen LogP contribution >= 0.6 is 11.8 Å². The van der Waals surface area contributed by atoms with E-state index in [2.05, 4.69) is 48.2 Å². The second kappa shape index (κ2) is 30.0. The first-order valence-electron chi connectivity index (χ1n) is 22.6. The number of hydrogen-bond acceptors (Lipinski definition) is 12. The minimum atomic E-state index is -5.11. The Labute approximate surface area is 378 Å². The van der Waals surface area contributed by atoms with Gasteiger partial charge in [-0.2, -0.15) is 24.9 Å². The lowest BCUT2D eigenvalue weighted by atomic mass is 10.0. The van der Waals surface area contributed by atoms with Crippen LogP contribution in [0.15, 0.2) is 35.5 Å². The number of nitrogens with zero attached hydrogens (tertiary/aromatic N) is 4. The number of guanidine groups is 1. The van der Waals surface area contributed by atoms with Crippen molar-refractivity contribution < 1.29 is 51.2 Å². The molecule has 0 aliphatic carbocycles. The fraction of sp³-hybridized carbons (Fsp3) is 0.721. The van der Waals surface area contributed by atoms with Gasteiger partial charge in [0.2, 0.25) is 5.91 Å². The van der Waals surface area contributed by atoms with E-state index in [9.17, 15) is 27.6 Å². The van der Waals surface area contributed by atoms with Crippen molar-refractivity contribution in [1.82, 2.24) is 36.3 Å². The third-order valence-corrected chi connectivity index (χ3v) is 12.1. The Morgan fingerprint density at radius 1 is 0.938 bits per heavy atom. The lowest BCUT2D eigenvalue weighted by Gasteiger charge is -2.20. The van der Waals surface area contributed by atoms with Crippen LogP contribution in [0, 0.1) is 0 Å². The lowest BCUT2D eigenvalue weighted by Crippen LogP contribution is -2.44. The Morgan fingerprint density at radius 3 is 2.34 bits per heavy atom. The maximum absolute atomic E-state index is 12.9. The van der Waals surface area contributed by atoms with Crippen LogP contribution in [0.4, 0.5) is 18.0 Å². The molecular formula is C43H68F3N9O8S. The average molecular weight is 928 g/mol. The number of aliphatic imine (C=N–C) groups is 1. The van der Waals surface area contributed by atoms with Gasteiger partial charge < -0.3 is 50.7 Å². The normalized spacial score (nSPS) is 17.7. The van der Waals surface area contributed by atoms with Gasteiger partial charge in [-0.15, -0.1) is 5.10 Å². The molecule has 3 heterocycles. The topological polar surface area (TPSA) is 215 Å². The van der Waals surface area contributed by atoms with Crippen LogP contribution in [0.1, 0.15) is 108 Å². The van der Waals surface area contributed by atoms with Crippen molar-refractivity contribution in [2.45, 2.75) is 146 Å². The number of halogens is 3. The van der Waals surface area contributed by atoms with Crippen LogP contribution in [0.2, 0.25) is 0 Å². The molecule has 64 heavy (non-hydrogen) atoms. The molecule has 17 nitrogen and oxygen atoms in total. The van der Waals surface area contributed by atoms with Gasteiger partial charge in [0.25, 0.3) is 0 Å². The average Bonchev–Trinajstić information content (AvgIpc) is 3.99. The maximum atomic E-state index is 12.9. The van der Waals surface area contributed by atoms with E-state index in [0.29, 0.717) is 82.3 Å². The van der Waals surface area contributed by atoms with Crippen LogP contribution < -0.4 is 31.7 Å². The van der Waals surface area contributed by atoms with E-state index in [4.69, 9.17) is 24.7 Å². The third kappa shape index (κ3) is 21.6. The molecule has 3 amide bonds. The van der Waals surface area contributed by atoms with E-state index in [-0.39, 0.29) is 49.6 Å². The number of nitrogens with one attached hydrogen (secondary N) is 4. The highest BCUT2D eigenvalue weighted by Gasteiger charge is 2.43. The molecule has 2 saturated heterocycles. The summed E-state index contributed by atoms with van der Waals surface area (Å²) >= 11 is 1.89. The molecule has 0 radical (unpaired) electrons. The van der Waals surface area contributed by atoms with Gasteiger partial charge in [0, 0.05) is 30.4 Å². The van der Waals surface area contributed by atoms with Gasteiger partial charge in [-0.25, -0.2) is 19.3 Å². The van der Waals surface area contributed by atoms with E-state index in [1.54, 1.807) is 35.1 Å². The zero-order valence-electron chi connectivity index (χ0n) is 37.0.